The summed E-state index contributed by atoms with van der Waals surface area (Å²) in [5.74, 6) is 0. The lowest BCUT2D eigenvalue weighted by Crippen LogP contribution is -2.52. The molecule has 1 unspecified atom stereocenters. The van der Waals surface area contributed by atoms with Gasteiger partial charge >= 0.3 is 6.18 Å². The van der Waals surface area contributed by atoms with E-state index in [1.165, 1.54) is 0 Å². The number of rotatable bonds is 3. The maximum atomic E-state index is 12.5. The highest BCUT2D eigenvalue weighted by Gasteiger charge is 2.51. The van der Waals surface area contributed by atoms with Gasteiger partial charge in [0.25, 0.3) is 0 Å². The Morgan fingerprint density at radius 2 is 1.61 bits per heavy atom. The molecule has 0 aromatic rings. The number of ether oxygens (including phenoxy) is 1. The molecule has 2 fully saturated rings. The van der Waals surface area contributed by atoms with Crippen LogP contribution < -0.4 is 0 Å². The van der Waals surface area contributed by atoms with Gasteiger partial charge in [-0.1, -0.05) is 12.8 Å². The molecule has 18 heavy (non-hydrogen) atoms. The van der Waals surface area contributed by atoms with Gasteiger partial charge in [-0.25, -0.2) is 0 Å². The van der Waals surface area contributed by atoms with Crippen molar-refractivity contribution in [3.05, 3.63) is 0 Å². The number of alkyl halides is 3. The topological polar surface area (TPSA) is 9.23 Å². The van der Waals surface area contributed by atoms with E-state index in [1.54, 1.807) is 0 Å². The minimum absolute atomic E-state index is 0.171. The lowest BCUT2D eigenvalue weighted by Gasteiger charge is -2.49. The molecule has 1 aliphatic heterocycles. The maximum absolute atomic E-state index is 12.5. The van der Waals surface area contributed by atoms with Crippen LogP contribution in [0.4, 0.5) is 13.2 Å². The Bertz CT molecular complexity index is 278. The molecule has 5 heteroatoms. The van der Waals surface area contributed by atoms with Crippen LogP contribution in [-0.4, -0.2) is 28.2 Å². The standard InChI is InChI=1S/C13H23F3OSi/c14-13(15,16)9-8-11(5-1-2-6-11)12(18)7-3-4-10-17-12/h1-10H2,18H3. The van der Waals surface area contributed by atoms with Crippen LogP contribution in [0.15, 0.2) is 0 Å². The van der Waals surface area contributed by atoms with Crippen molar-refractivity contribution >= 4 is 10.2 Å². The summed E-state index contributed by atoms with van der Waals surface area (Å²) in [5.41, 5.74) is -0.171. The lowest BCUT2D eigenvalue weighted by molar-refractivity contribution is -0.157. The molecule has 1 heterocycles. The minimum atomic E-state index is -4.03. The van der Waals surface area contributed by atoms with E-state index in [1.807, 2.05) is 0 Å². The van der Waals surface area contributed by atoms with Crippen molar-refractivity contribution in [3.8, 4) is 0 Å². The third kappa shape index (κ3) is 2.93. The minimum Gasteiger partial charge on any atom is -0.379 e. The molecule has 1 saturated heterocycles. The molecule has 0 aromatic carbocycles. The summed E-state index contributed by atoms with van der Waals surface area (Å²) >= 11 is 0. The number of halogens is 3. The van der Waals surface area contributed by atoms with E-state index in [9.17, 15) is 13.2 Å². The molecule has 0 bridgehead atoms. The van der Waals surface area contributed by atoms with Gasteiger partial charge in [-0.05, 0) is 43.9 Å². The number of hydrogen-bond acceptors (Lipinski definition) is 1. The van der Waals surface area contributed by atoms with Crippen molar-refractivity contribution in [2.75, 3.05) is 6.61 Å². The van der Waals surface area contributed by atoms with Crippen molar-refractivity contribution in [1.82, 2.24) is 0 Å². The third-order valence-corrected chi connectivity index (χ3v) is 6.89. The Labute approximate surface area is 110 Å². The monoisotopic (exact) mass is 280 g/mol. The molecule has 0 radical (unpaired) electrons. The molecular weight excluding hydrogens is 257 g/mol. The molecule has 0 spiro atoms. The Hall–Kier alpha value is -0.0331. The average molecular weight is 280 g/mol. The zero-order valence-corrected chi connectivity index (χ0v) is 13.1. The summed E-state index contributed by atoms with van der Waals surface area (Å²) in [5, 5.41) is -0.187. The Balaban J connectivity index is 2.10. The van der Waals surface area contributed by atoms with E-state index in [2.05, 4.69) is 0 Å². The largest absolute Gasteiger partial charge is 0.389 e. The molecule has 1 saturated carbocycles. The van der Waals surface area contributed by atoms with E-state index in [0.29, 0.717) is 0 Å². The van der Waals surface area contributed by atoms with Crippen molar-refractivity contribution in [2.24, 2.45) is 5.41 Å². The molecule has 0 aromatic heterocycles. The molecule has 0 N–H and O–H groups in total. The second kappa shape index (κ2) is 5.16. The van der Waals surface area contributed by atoms with Crippen molar-refractivity contribution in [3.63, 3.8) is 0 Å². The van der Waals surface area contributed by atoms with Crippen molar-refractivity contribution in [1.29, 1.82) is 0 Å². The van der Waals surface area contributed by atoms with Crippen LogP contribution in [0.25, 0.3) is 0 Å². The van der Waals surface area contributed by atoms with E-state index < -0.39 is 12.6 Å². The van der Waals surface area contributed by atoms with Gasteiger partial charge in [0.05, 0.1) is 5.22 Å². The summed E-state index contributed by atoms with van der Waals surface area (Å²) in [6.07, 6.45) is 2.81. The van der Waals surface area contributed by atoms with Crippen LogP contribution in [0.3, 0.4) is 0 Å². The van der Waals surface area contributed by atoms with Gasteiger partial charge in [-0.15, -0.1) is 0 Å². The summed E-state index contributed by atoms with van der Waals surface area (Å²) < 4.78 is 43.6. The first-order chi connectivity index (χ1) is 8.37. The van der Waals surface area contributed by atoms with Crippen LogP contribution in [0.2, 0.25) is 0 Å². The van der Waals surface area contributed by atoms with Crippen LogP contribution in [0.5, 0.6) is 0 Å². The Morgan fingerprint density at radius 1 is 1.00 bits per heavy atom. The highest BCUT2D eigenvalue weighted by atomic mass is 28.1. The molecule has 2 rings (SSSR count). The quantitative estimate of drug-likeness (QED) is 0.722. The van der Waals surface area contributed by atoms with Crippen LogP contribution in [-0.2, 0) is 4.74 Å². The number of hydrogen-bond donors (Lipinski definition) is 0. The predicted molar refractivity (Wildman–Crippen MR) is 68.7 cm³/mol. The molecule has 1 nitrogen and oxygen atoms in total. The fourth-order valence-electron chi connectivity index (χ4n) is 3.83. The summed E-state index contributed by atoms with van der Waals surface area (Å²) in [4.78, 5) is 0. The Kier molecular flexibility index (Phi) is 4.12. The van der Waals surface area contributed by atoms with Gasteiger partial charge in [0, 0.05) is 23.3 Å². The van der Waals surface area contributed by atoms with Gasteiger partial charge < -0.3 is 4.74 Å². The van der Waals surface area contributed by atoms with Gasteiger partial charge in [0.1, 0.15) is 0 Å². The maximum Gasteiger partial charge on any atom is 0.389 e. The van der Waals surface area contributed by atoms with E-state index in [0.717, 1.165) is 61.8 Å². The first kappa shape index (κ1) is 14.4. The first-order valence-electron chi connectivity index (χ1n) is 7.08. The van der Waals surface area contributed by atoms with E-state index in [4.69, 9.17) is 4.74 Å². The zero-order chi connectivity index (χ0) is 13.3. The predicted octanol–water partition coefficient (Wildman–Crippen LogP) is 3.15. The normalized spacial score (nSPS) is 32.8. The van der Waals surface area contributed by atoms with Crippen LogP contribution in [0.1, 0.15) is 57.8 Å². The van der Waals surface area contributed by atoms with Gasteiger partial charge in [-0.3, -0.25) is 0 Å². The highest BCUT2D eigenvalue weighted by Crippen LogP contribution is 2.54. The molecule has 106 valence electrons. The molecule has 1 aliphatic carbocycles. The van der Waals surface area contributed by atoms with E-state index in [-0.39, 0.29) is 17.1 Å². The first-order valence-corrected chi connectivity index (χ1v) is 8.08. The lowest BCUT2D eigenvalue weighted by atomic mass is 9.73. The zero-order valence-electron chi connectivity index (χ0n) is 11.1. The molecule has 0 amide bonds. The highest BCUT2D eigenvalue weighted by molar-refractivity contribution is 6.15. The SMILES string of the molecule is FC(F)(F)CCC1(C2([SiH3])CCCCO2)CCCC1. The molecular formula is C13H23F3OSi. The van der Waals surface area contributed by atoms with Crippen molar-refractivity contribution in [2.45, 2.75) is 69.2 Å². The van der Waals surface area contributed by atoms with Crippen molar-refractivity contribution < 1.29 is 17.9 Å². The van der Waals surface area contributed by atoms with Gasteiger partial charge in [-0.2, -0.15) is 13.2 Å². The van der Waals surface area contributed by atoms with Crippen LogP contribution >= 0.6 is 0 Å². The third-order valence-electron chi connectivity index (χ3n) is 5.04. The summed E-state index contributed by atoms with van der Waals surface area (Å²) in [7, 11) is 0.858. The molecule has 2 aliphatic rings. The fourth-order valence-corrected chi connectivity index (χ4v) is 5.14. The average Bonchev–Trinajstić information content (AvgIpc) is 2.77. The fraction of sp³-hybridized carbons (Fsp3) is 1.00. The molecule has 1 atom stereocenters. The smallest absolute Gasteiger partial charge is 0.379 e. The van der Waals surface area contributed by atoms with Gasteiger partial charge in [0.2, 0.25) is 0 Å². The summed E-state index contributed by atoms with van der Waals surface area (Å²) in [6, 6.07) is 0. The van der Waals surface area contributed by atoms with Gasteiger partial charge in [0.15, 0.2) is 0 Å². The Morgan fingerprint density at radius 3 is 2.11 bits per heavy atom. The van der Waals surface area contributed by atoms with E-state index >= 15 is 0 Å². The summed E-state index contributed by atoms with van der Waals surface area (Å²) in [6.45, 7) is 0.747. The second-order valence-electron chi connectivity index (χ2n) is 6.14. The van der Waals surface area contributed by atoms with Crippen LogP contribution in [0, 0.1) is 5.41 Å². The second-order valence-corrected chi connectivity index (χ2v) is 7.75.